The van der Waals surface area contributed by atoms with Gasteiger partial charge in [-0.25, -0.2) is 9.59 Å². The fraction of sp³-hybridized carbons (Fsp3) is 0.824. The Kier molecular flexibility index (Phi) is 6.51. The molecule has 1 rings (SSSR count). The van der Waals surface area contributed by atoms with Crippen molar-refractivity contribution in [2.45, 2.75) is 58.3 Å². The van der Waals surface area contributed by atoms with Crippen LogP contribution in [-0.2, 0) is 14.3 Å². The molecule has 1 aliphatic rings. The Balaban J connectivity index is 2.50. The fourth-order valence-corrected chi connectivity index (χ4v) is 2.28. The first-order valence-electron chi connectivity index (χ1n) is 8.56. The average Bonchev–Trinajstić information content (AvgIpc) is 2.36. The van der Waals surface area contributed by atoms with Crippen molar-refractivity contribution in [3.8, 4) is 0 Å². The quantitative estimate of drug-likeness (QED) is 0.752. The third-order valence-electron chi connectivity index (χ3n) is 3.60. The topological polar surface area (TPSA) is 108 Å². The minimum atomic E-state index is -1.23. The number of aliphatic carboxylic acids is 1. The van der Waals surface area contributed by atoms with Gasteiger partial charge in [0.05, 0.1) is 13.1 Å². The minimum absolute atomic E-state index is 0.00734. The van der Waals surface area contributed by atoms with E-state index in [-0.39, 0.29) is 26.2 Å². The van der Waals surface area contributed by atoms with Gasteiger partial charge in [-0.1, -0.05) is 0 Å². The summed E-state index contributed by atoms with van der Waals surface area (Å²) < 4.78 is 10.5. The van der Waals surface area contributed by atoms with Gasteiger partial charge in [0.25, 0.3) is 0 Å². The number of likely N-dealkylation sites (tertiary alicyclic amines) is 1. The van der Waals surface area contributed by atoms with Crippen molar-refractivity contribution in [3.63, 3.8) is 0 Å². The van der Waals surface area contributed by atoms with E-state index in [0.717, 1.165) is 0 Å². The summed E-state index contributed by atoms with van der Waals surface area (Å²) in [5, 5.41) is 12.4. The van der Waals surface area contributed by atoms with Gasteiger partial charge >= 0.3 is 18.2 Å². The summed E-state index contributed by atoms with van der Waals surface area (Å²) in [5.74, 6) is -1.04. The summed E-state index contributed by atoms with van der Waals surface area (Å²) in [5.41, 5.74) is -2.46. The number of nitrogens with zero attached hydrogens (tertiary/aromatic N) is 2. The largest absolute Gasteiger partial charge is 0.480 e. The summed E-state index contributed by atoms with van der Waals surface area (Å²) >= 11 is 0. The molecule has 1 saturated heterocycles. The zero-order valence-corrected chi connectivity index (χ0v) is 16.7. The lowest BCUT2D eigenvalue weighted by molar-refractivity contribution is -0.152. The second-order valence-corrected chi connectivity index (χ2v) is 8.55. The smallest absolute Gasteiger partial charge is 0.410 e. The van der Waals surface area contributed by atoms with Crippen LogP contribution in [0.2, 0.25) is 0 Å². The molecule has 0 aromatic heterocycles. The molecule has 2 N–H and O–H groups in total. The summed E-state index contributed by atoms with van der Waals surface area (Å²) in [7, 11) is 1.58. The number of ether oxygens (including phenoxy) is 2. The number of nitrogens with one attached hydrogen (secondary N) is 1. The molecular formula is C17H31N3O6. The molecule has 0 aromatic rings. The highest BCUT2D eigenvalue weighted by Gasteiger charge is 2.52. The lowest BCUT2D eigenvalue weighted by Gasteiger charge is -2.47. The van der Waals surface area contributed by atoms with Gasteiger partial charge in [-0.2, -0.15) is 0 Å². The van der Waals surface area contributed by atoms with Gasteiger partial charge in [-0.3, -0.25) is 10.1 Å². The number of likely N-dealkylation sites (N-methyl/N-ethyl adjacent to an activating group) is 1. The van der Waals surface area contributed by atoms with E-state index in [1.54, 1.807) is 48.6 Å². The van der Waals surface area contributed by atoms with Gasteiger partial charge < -0.3 is 24.4 Å². The molecule has 1 aliphatic heterocycles. The van der Waals surface area contributed by atoms with Crippen molar-refractivity contribution < 1.29 is 29.0 Å². The van der Waals surface area contributed by atoms with E-state index >= 15 is 0 Å². The van der Waals surface area contributed by atoms with Crippen molar-refractivity contribution in [1.82, 2.24) is 15.1 Å². The van der Waals surface area contributed by atoms with Crippen LogP contribution in [0.25, 0.3) is 0 Å². The molecule has 0 unspecified atom stereocenters. The molecule has 0 bridgehead atoms. The van der Waals surface area contributed by atoms with Crippen molar-refractivity contribution >= 4 is 18.2 Å². The third kappa shape index (κ3) is 6.36. The number of carboxylic acids is 1. The molecule has 0 atom stereocenters. The Labute approximate surface area is 154 Å². The van der Waals surface area contributed by atoms with Crippen LogP contribution < -0.4 is 5.32 Å². The normalized spacial score (nSPS) is 16.5. The Morgan fingerprint density at radius 1 is 1.08 bits per heavy atom. The maximum Gasteiger partial charge on any atom is 0.410 e. The molecule has 0 aliphatic carbocycles. The number of carboxylic acid groups (broad SMARTS) is 1. The van der Waals surface area contributed by atoms with E-state index < -0.39 is 34.9 Å². The van der Waals surface area contributed by atoms with E-state index in [0.29, 0.717) is 0 Å². The van der Waals surface area contributed by atoms with Crippen molar-refractivity contribution in [2.75, 3.05) is 33.2 Å². The molecule has 150 valence electrons. The van der Waals surface area contributed by atoms with E-state index in [1.165, 1.54) is 9.80 Å². The minimum Gasteiger partial charge on any atom is -0.480 e. The zero-order chi connectivity index (χ0) is 20.3. The Bertz CT molecular complexity index is 544. The highest BCUT2D eigenvalue weighted by molar-refractivity contribution is 5.84. The predicted octanol–water partition coefficient (Wildman–Crippen LogP) is 1.52. The number of hydrogen-bond donors (Lipinski definition) is 2. The van der Waals surface area contributed by atoms with E-state index in [1.807, 2.05) is 0 Å². The van der Waals surface area contributed by atoms with Gasteiger partial charge in [-0.15, -0.1) is 0 Å². The van der Waals surface area contributed by atoms with Crippen molar-refractivity contribution in [2.24, 2.45) is 0 Å². The van der Waals surface area contributed by atoms with Crippen LogP contribution in [0.5, 0.6) is 0 Å². The number of carbonyl (C=O) groups excluding carboxylic acids is 2. The van der Waals surface area contributed by atoms with E-state index in [2.05, 4.69) is 5.32 Å². The standard InChI is InChI=1S/C17H31N3O6/c1-15(2,3)25-13(23)19(7)9-8-18-17(12(21)22)10-20(11-17)14(24)26-16(4,5)6/h18H,8-11H2,1-7H3,(H,21,22). The molecule has 1 heterocycles. The fourth-order valence-electron chi connectivity index (χ4n) is 2.28. The lowest BCUT2D eigenvalue weighted by Crippen LogP contribution is -2.74. The molecule has 2 amide bonds. The molecule has 0 spiro atoms. The van der Waals surface area contributed by atoms with Crippen LogP contribution in [0.1, 0.15) is 41.5 Å². The monoisotopic (exact) mass is 373 g/mol. The molecular weight excluding hydrogens is 342 g/mol. The molecule has 1 fully saturated rings. The molecule has 26 heavy (non-hydrogen) atoms. The summed E-state index contributed by atoms with van der Waals surface area (Å²) in [6.07, 6.45) is -1.02. The highest BCUT2D eigenvalue weighted by Crippen LogP contribution is 2.24. The number of hydrogen-bond acceptors (Lipinski definition) is 6. The maximum atomic E-state index is 12.0. The van der Waals surface area contributed by atoms with Gasteiger partial charge in [-0.05, 0) is 41.5 Å². The Hall–Kier alpha value is -2.03. The average molecular weight is 373 g/mol. The molecule has 9 heteroatoms. The van der Waals surface area contributed by atoms with Gasteiger partial charge in [0, 0.05) is 20.1 Å². The van der Waals surface area contributed by atoms with Crippen molar-refractivity contribution in [3.05, 3.63) is 0 Å². The summed E-state index contributed by atoms with van der Waals surface area (Å²) in [6.45, 7) is 11.1. The van der Waals surface area contributed by atoms with E-state index in [9.17, 15) is 19.5 Å². The third-order valence-corrected chi connectivity index (χ3v) is 3.60. The molecule has 9 nitrogen and oxygen atoms in total. The van der Waals surface area contributed by atoms with Crippen LogP contribution in [0.4, 0.5) is 9.59 Å². The lowest BCUT2D eigenvalue weighted by atomic mass is 9.90. The second kappa shape index (κ2) is 7.69. The van der Waals surface area contributed by atoms with Crippen molar-refractivity contribution in [1.29, 1.82) is 0 Å². The predicted molar refractivity (Wildman–Crippen MR) is 95.0 cm³/mol. The Morgan fingerprint density at radius 2 is 1.58 bits per heavy atom. The zero-order valence-electron chi connectivity index (χ0n) is 16.7. The maximum absolute atomic E-state index is 12.0. The first kappa shape index (κ1) is 22.0. The first-order chi connectivity index (χ1) is 11.7. The number of rotatable bonds is 5. The van der Waals surface area contributed by atoms with E-state index in [4.69, 9.17) is 9.47 Å². The number of carbonyl (C=O) groups is 3. The molecule has 0 saturated carbocycles. The van der Waals surface area contributed by atoms with Gasteiger partial charge in [0.1, 0.15) is 11.2 Å². The van der Waals surface area contributed by atoms with Crippen LogP contribution >= 0.6 is 0 Å². The van der Waals surface area contributed by atoms with Crippen LogP contribution in [0.15, 0.2) is 0 Å². The molecule has 0 aromatic carbocycles. The summed E-state index contributed by atoms with van der Waals surface area (Å²) in [4.78, 5) is 38.2. The summed E-state index contributed by atoms with van der Waals surface area (Å²) in [6, 6.07) is 0. The molecule has 0 radical (unpaired) electrons. The van der Waals surface area contributed by atoms with Crippen LogP contribution in [0, 0.1) is 0 Å². The van der Waals surface area contributed by atoms with Gasteiger partial charge in [0.15, 0.2) is 5.54 Å². The van der Waals surface area contributed by atoms with Crippen LogP contribution in [0.3, 0.4) is 0 Å². The highest BCUT2D eigenvalue weighted by atomic mass is 16.6. The first-order valence-corrected chi connectivity index (χ1v) is 8.56. The van der Waals surface area contributed by atoms with Gasteiger partial charge in [0.2, 0.25) is 0 Å². The Morgan fingerprint density at radius 3 is 2.00 bits per heavy atom. The second-order valence-electron chi connectivity index (χ2n) is 8.55. The SMILES string of the molecule is CN(CCNC1(C(=O)O)CN(C(=O)OC(C)(C)C)C1)C(=O)OC(C)(C)C. The number of amides is 2. The van der Waals surface area contributed by atoms with Crippen LogP contribution in [-0.4, -0.2) is 83.0 Å².